The number of hydrogen-bond donors (Lipinski definition) is 3. The molecule has 0 radical (unpaired) electrons. The van der Waals surface area contributed by atoms with Gasteiger partial charge in [-0.1, -0.05) is 6.92 Å². The zero-order valence-electron chi connectivity index (χ0n) is 23.3. The Morgan fingerprint density at radius 3 is 2.55 bits per heavy atom. The van der Waals surface area contributed by atoms with Gasteiger partial charge in [0.1, 0.15) is 23.5 Å². The second-order valence-corrected chi connectivity index (χ2v) is 9.81. The maximum atomic E-state index is 15.4. The molecule has 218 valence electrons. The van der Waals surface area contributed by atoms with E-state index in [4.69, 9.17) is 5.11 Å². The first-order valence-electron chi connectivity index (χ1n) is 12.9. The number of aliphatic hydroxyl groups excluding tert-OH is 1. The molecule has 1 amide bonds. The van der Waals surface area contributed by atoms with Crippen LogP contribution in [0.25, 0.3) is 16.8 Å². The SMILES string of the molecule is CC(CF)CF.CN=Nc1ccc(-c2ccn3nc(NC4CCN(C(=O)CO)CC4(C)F)nc(NC)c23)nc1C. The monoisotopic (exact) mass is 563 g/mol. The molecule has 0 bridgehead atoms. The number of amides is 1. The molecular weight excluding hydrogens is 527 g/mol. The van der Waals surface area contributed by atoms with Crippen molar-refractivity contribution in [2.75, 3.05) is 57.8 Å². The van der Waals surface area contributed by atoms with Crippen molar-refractivity contribution in [3.63, 3.8) is 0 Å². The van der Waals surface area contributed by atoms with Crippen LogP contribution in [-0.4, -0.2) is 94.3 Å². The Bertz CT molecular complexity index is 1330. The number of fused-ring (bicyclic) bond motifs is 1. The minimum absolute atomic E-state index is 0.114. The van der Waals surface area contributed by atoms with Crippen molar-refractivity contribution in [3.8, 4) is 11.3 Å². The van der Waals surface area contributed by atoms with Crippen molar-refractivity contribution in [2.45, 2.75) is 38.9 Å². The van der Waals surface area contributed by atoms with Crippen LogP contribution in [0.2, 0.25) is 0 Å². The third-order valence-electron chi connectivity index (χ3n) is 6.52. The molecule has 1 aliphatic rings. The summed E-state index contributed by atoms with van der Waals surface area (Å²) in [6, 6.07) is 5.03. The van der Waals surface area contributed by atoms with Gasteiger partial charge in [-0.05, 0) is 38.5 Å². The van der Waals surface area contributed by atoms with Gasteiger partial charge in [-0.25, -0.2) is 8.91 Å². The van der Waals surface area contributed by atoms with E-state index < -0.39 is 43.5 Å². The van der Waals surface area contributed by atoms with E-state index >= 15 is 4.39 Å². The number of alkyl halides is 3. The number of piperidine rings is 1. The highest BCUT2D eigenvalue weighted by molar-refractivity contribution is 5.87. The van der Waals surface area contributed by atoms with Gasteiger partial charge in [0.05, 0.1) is 37.3 Å². The molecule has 2 atom stereocenters. The molecule has 3 aromatic rings. The lowest BCUT2D eigenvalue weighted by Gasteiger charge is -2.41. The molecule has 1 saturated heterocycles. The second-order valence-electron chi connectivity index (χ2n) is 9.81. The van der Waals surface area contributed by atoms with Gasteiger partial charge in [0, 0.05) is 38.3 Å². The Morgan fingerprint density at radius 1 is 1.27 bits per heavy atom. The lowest BCUT2D eigenvalue weighted by molar-refractivity contribution is -0.138. The van der Waals surface area contributed by atoms with E-state index in [2.05, 4.69) is 35.9 Å². The lowest BCUT2D eigenvalue weighted by atomic mass is 9.90. The number of carbonyl (C=O) groups excluding carboxylic acids is 1. The van der Waals surface area contributed by atoms with Gasteiger partial charge < -0.3 is 20.6 Å². The fourth-order valence-corrected chi connectivity index (χ4v) is 4.26. The highest BCUT2D eigenvalue weighted by Gasteiger charge is 2.42. The number of pyridine rings is 1. The third-order valence-corrected chi connectivity index (χ3v) is 6.52. The number of aryl methyl sites for hydroxylation is 1. The highest BCUT2D eigenvalue weighted by Crippen LogP contribution is 2.32. The van der Waals surface area contributed by atoms with Crippen LogP contribution in [-0.2, 0) is 4.79 Å². The van der Waals surface area contributed by atoms with Crippen LogP contribution in [0.1, 0.15) is 26.0 Å². The maximum absolute atomic E-state index is 15.4. The fourth-order valence-electron chi connectivity index (χ4n) is 4.26. The topological polar surface area (TPSA) is 132 Å². The Morgan fingerprint density at radius 2 is 2.00 bits per heavy atom. The predicted octanol–water partition coefficient (Wildman–Crippen LogP) is 4.15. The van der Waals surface area contributed by atoms with Crippen LogP contribution in [0.4, 0.5) is 30.6 Å². The molecule has 0 aliphatic carbocycles. The molecule has 1 fully saturated rings. The summed E-state index contributed by atoms with van der Waals surface area (Å²) in [7, 11) is 3.37. The number of hydrogen-bond acceptors (Lipinski definition) is 9. The zero-order chi connectivity index (χ0) is 29.4. The molecule has 0 aromatic carbocycles. The molecule has 0 saturated carbocycles. The van der Waals surface area contributed by atoms with Crippen molar-refractivity contribution in [1.82, 2.24) is 24.5 Å². The van der Waals surface area contributed by atoms with E-state index in [0.717, 1.165) is 22.5 Å². The number of nitrogens with zero attached hydrogens (tertiary/aromatic N) is 7. The molecule has 0 spiro atoms. The van der Waals surface area contributed by atoms with Crippen LogP contribution >= 0.6 is 0 Å². The third kappa shape index (κ3) is 7.03. The number of halogens is 3. The largest absolute Gasteiger partial charge is 0.387 e. The summed E-state index contributed by atoms with van der Waals surface area (Å²) in [5.74, 6) is -0.0580. The average molecular weight is 564 g/mol. The fraction of sp³-hybridized carbons (Fsp3) is 0.538. The molecule has 11 nitrogen and oxygen atoms in total. The maximum Gasteiger partial charge on any atom is 0.248 e. The number of likely N-dealkylation sites (tertiary alicyclic amines) is 1. The predicted molar refractivity (Wildman–Crippen MR) is 147 cm³/mol. The van der Waals surface area contributed by atoms with Crippen LogP contribution < -0.4 is 10.6 Å². The summed E-state index contributed by atoms with van der Waals surface area (Å²) in [5.41, 5.74) is 2.05. The number of aliphatic hydroxyl groups is 1. The standard InChI is InChI=1S/C22H28FN9O2.C4H8F2/c1-13-15(29-25-4)5-6-16(26-13)14-7-10-32-19(14)20(24-3)28-21(30-32)27-17-8-9-31(18(34)11-33)12-22(17,2)23;1-4(2-5)3-6/h5-7,10,17,33H,8-9,11-12H2,1-4H3,(H2,24,27,28,30);4H,2-3H2,1H3. The van der Waals surface area contributed by atoms with Crippen LogP contribution in [0.3, 0.4) is 0 Å². The van der Waals surface area contributed by atoms with E-state index in [-0.39, 0.29) is 12.5 Å². The van der Waals surface area contributed by atoms with Gasteiger partial charge in [-0.15, -0.1) is 5.10 Å². The Kier molecular flexibility index (Phi) is 10.4. The Hall–Kier alpha value is -3.81. The van der Waals surface area contributed by atoms with Gasteiger partial charge in [-0.3, -0.25) is 18.6 Å². The Labute approximate surface area is 230 Å². The summed E-state index contributed by atoms with van der Waals surface area (Å²) in [4.78, 5) is 22.3. The molecule has 14 heteroatoms. The number of aromatic nitrogens is 4. The molecule has 40 heavy (non-hydrogen) atoms. The summed E-state index contributed by atoms with van der Waals surface area (Å²) >= 11 is 0. The number of anilines is 2. The lowest BCUT2D eigenvalue weighted by Crippen LogP contribution is -2.57. The van der Waals surface area contributed by atoms with Crippen molar-refractivity contribution in [3.05, 3.63) is 30.1 Å². The minimum atomic E-state index is -1.72. The molecule has 3 N–H and O–H groups in total. The summed E-state index contributed by atoms with van der Waals surface area (Å²) < 4.78 is 39.3. The average Bonchev–Trinajstić information content (AvgIpc) is 3.38. The van der Waals surface area contributed by atoms with Crippen LogP contribution in [0.15, 0.2) is 34.6 Å². The number of nitrogens with one attached hydrogen (secondary N) is 2. The first-order valence-corrected chi connectivity index (χ1v) is 12.9. The number of azo groups is 1. The van der Waals surface area contributed by atoms with Crippen molar-refractivity contribution >= 4 is 28.9 Å². The molecule has 3 aromatic heterocycles. The first kappa shape index (κ1) is 30.7. The summed E-state index contributed by atoms with van der Waals surface area (Å²) in [6.07, 6.45) is 2.16. The Balaban J connectivity index is 0.000000663. The van der Waals surface area contributed by atoms with E-state index in [9.17, 15) is 13.6 Å². The molecule has 4 rings (SSSR count). The van der Waals surface area contributed by atoms with Gasteiger partial charge in [0.2, 0.25) is 11.9 Å². The molecular formula is C26H36F3N9O2. The number of rotatable bonds is 8. The van der Waals surface area contributed by atoms with E-state index in [1.54, 1.807) is 24.8 Å². The van der Waals surface area contributed by atoms with Gasteiger partial charge in [-0.2, -0.15) is 15.2 Å². The van der Waals surface area contributed by atoms with Gasteiger partial charge in [0.15, 0.2) is 5.82 Å². The normalized spacial score (nSPS) is 19.1. The summed E-state index contributed by atoms with van der Waals surface area (Å²) in [5, 5.41) is 27.7. The van der Waals surface area contributed by atoms with Crippen LogP contribution in [0, 0.1) is 12.8 Å². The molecule has 4 heterocycles. The minimum Gasteiger partial charge on any atom is -0.387 e. The number of carbonyl (C=O) groups is 1. The van der Waals surface area contributed by atoms with Crippen LogP contribution in [0.5, 0.6) is 0 Å². The zero-order valence-corrected chi connectivity index (χ0v) is 23.3. The van der Waals surface area contributed by atoms with Gasteiger partial charge in [0.25, 0.3) is 0 Å². The summed E-state index contributed by atoms with van der Waals surface area (Å²) in [6.45, 7) is 3.34. The van der Waals surface area contributed by atoms with Crippen molar-refractivity contribution in [2.24, 2.45) is 16.1 Å². The second kappa shape index (κ2) is 13.5. The quantitative estimate of drug-likeness (QED) is 0.351. The highest BCUT2D eigenvalue weighted by atomic mass is 19.1. The first-order chi connectivity index (χ1) is 19.1. The van der Waals surface area contributed by atoms with Crippen molar-refractivity contribution in [1.29, 1.82) is 0 Å². The van der Waals surface area contributed by atoms with E-state index in [1.165, 1.54) is 18.7 Å². The van der Waals surface area contributed by atoms with Gasteiger partial charge >= 0.3 is 0 Å². The van der Waals surface area contributed by atoms with E-state index in [1.807, 2.05) is 25.1 Å². The molecule has 1 aliphatic heterocycles. The van der Waals surface area contributed by atoms with E-state index in [0.29, 0.717) is 24.5 Å². The smallest absolute Gasteiger partial charge is 0.248 e. The van der Waals surface area contributed by atoms with Crippen molar-refractivity contribution < 1.29 is 23.1 Å². The molecule has 2 unspecified atom stereocenters.